The number of hydrogen-bond acceptors (Lipinski definition) is 19. The Morgan fingerprint density at radius 2 is 1.68 bits per heavy atom. The van der Waals surface area contributed by atoms with E-state index >= 15 is 4.39 Å². The maximum Gasteiger partial charge on any atom is 0.414 e. The Bertz CT molecular complexity index is 2290. The van der Waals surface area contributed by atoms with Crippen LogP contribution in [0.3, 0.4) is 0 Å². The van der Waals surface area contributed by atoms with Gasteiger partial charge in [-0.25, -0.2) is 13.9 Å². The molecule has 21 nitrogen and oxygen atoms in total. The molecule has 5 heterocycles. The standard InChI is InChI=1S/C55H89FN6O15/c1-15-43-55(11,70)47(65)35(7)60(13)26-30(2)24-53(9,69)49(33(5)46(34(6)50(67)75-43)76-44-25-54(10,71-14)48(66)36(8)73-44)77-51-45(64)42(22-32(4)72-51)59(12)21-20-38-28-61(58-57-38)27-37-17-18-39(23-41(37)56)62-29-40(74-52(62)68)19-16-31(3)63/h17-18,23,28,30,32-36,40,42-49,51,64-66,69-70H,15-16,19-22,24-27,29H2,1-14H3/t30-,32-,33+,34-,35-,36+,40+,42+,43-,44+,45-,46+,47-,48+,49-,51+,53-,54-,55-/m1/s1. The van der Waals surface area contributed by atoms with E-state index in [2.05, 4.69) is 10.3 Å². The fraction of sp³-hybridized carbons (Fsp3) is 0.800. The van der Waals surface area contributed by atoms with Crippen LogP contribution in [0.4, 0.5) is 14.9 Å². The molecule has 1 amide bonds. The lowest BCUT2D eigenvalue weighted by Crippen LogP contribution is -2.61. The molecule has 0 bridgehead atoms. The number of benzene rings is 1. The summed E-state index contributed by atoms with van der Waals surface area (Å²) in [6, 6.07) is 3.41. The highest BCUT2D eigenvalue weighted by Crippen LogP contribution is 2.40. The molecule has 0 unspecified atom stereocenters. The first kappa shape index (κ1) is 62.4. The van der Waals surface area contributed by atoms with E-state index in [-0.39, 0.29) is 50.5 Å². The molecule has 0 spiro atoms. The number of aliphatic hydroxyl groups is 5. The molecular weight excluding hydrogens is 1000 g/mol. The molecule has 0 saturated carbocycles. The van der Waals surface area contributed by atoms with E-state index in [1.165, 1.54) is 36.6 Å². The number of hydrogen-bond donors (Lipinski definition) is 5. The summed E-state index contributed by atoms with van der Waals surface area (Å²) in [5.41, 5.74) is -3.31. The number of rotatable bonds is 16. The molecule has 4 fully saturated rings. The highest BCUT2D eigenvalue weighted by molar-refractivity contribution is 5.89. The summed E-state index contributed by atoms with van der Waals surface area (Å²) in [7, 11) is 5.18. The highest BCUT2D eigenvalue weighted by Gasteiger charge is 2.53. The number of carbonyl (C=O) groups is 3. The molecule has 22 heteroatoms. The first-order valence-corrected chi connectivity index (χ1v) is 27.4. The van der Waals surface area contributed by atoms with Crippen molar-refractivity contribution in [2.75, 3.05) is 45.7 Å². The lowest BCUT2D eigenvalue weighted by atomic mass is 9.77. The Morgan fingerprint density at radius 3 is 2.32 bits per heavy atom. The number of methoxy groups -OCH3 is 1. The predicted molar refractivity (Wildman–Crippen MR) is 280 cm³/mol. The summed E-state index contributed by atoms with van der Waals surface area (Å²) in [4.78, 5) is 43.8. The van der Waals surface area contributed by atoms with Crippen LogP contribution in [0.1, 0.15) is 126 Å². The van der Waals surface area contributed by atoms with Crippen LogP contribution in [0.2, 0.25) is 0 Å². The Labute approximate surface area is 453 Å². The van der Waals surface area contributed by atoms with E-state index in [1.807, 2.05) is 37.7 Å². The smallest absolute Gasteiger partial charge is 0.414 e. The molecule has 4 aliphatic heterocycles. The summed E-state index contributed by atoms with van der Waals surface area (Å²) in [6.45, 7) is 19.9. The predicted octanol–water partition coefficient (Wildman–Crippen LogP) is 3.99. The maximum atomic E-state index is 15.5. The third-order valence-electron chi connectivity index (χ3n) is 16.8. The molecule has 2 aromatic rings. The summed E-state index contributed by atoms with van der Waals surface area (Å²) < 4.78 is 60.7. The quantitative estimate of drug-likeness (QED) is 0.149. The topological polar surface area (TPSA) is 257 Å². The van der Waals surface area contributed by atoms with Crippen molar-refractivity contribution in [3.05, 3.63) is 41.5 Å². The van der Waals surface area contributed by atoms with Gasteiger partial charge in [0.25, 0.3) is 0 Å². The van der Waals surface area contributed by atoms with Gasteiger partial charge < -0.3 is 73.3 Å². The number of ketones is 1. The van der Waals surface area contributed by atoms with Crippen LogP contribution in [0.25, 0.3) is 0 Å². The van der Waals surface area contributed by atoms with Crippen LogP contribution in [0, 0.1) is 23.6 Å². The van der Waals surface area contributed by atoms with Gasteiger partial charge in [0.1, 0.15) is 47.7 Å². The Kier molecular flexibility index (Phi) is 20.9. The lowest BCUT2D eigenvalue weighted by Gasteiger charge is -2.49. The number of Topliss-reactive ketones (excluding diaryl/α,β-unsaturated/α-hetero) is 1. The van der Waals surface area contributed by atoms with Crippen LogP contribution < -0.4 is 4.90 Å². The lowest BCUT2D eigenvalue weighted by molar-refractivity contribution is -0.318. The van der Waals surface area contributed by atoms with Crippen LogP contribution in [-0.4, -0.2) is 205 Å². The fourth-order valence-electron chi connectivity index (χ4n) is 11.9. The summed E-state index contributed by atoms with van der Waals surface area (Å²) in [5.74, 6) is -3.45. The molecule has 5 N–H and O–H groups in total. The minimum absolute atomic E-state index is 0.00228. The highest BCUT2D eigenvalue weighted by atomic mass is 19.1. The molecular formula is C55H89FN6O15. The van der Waals surface area contributed by atoms with Gasteiger partial charge >= 0.3 is 12.1 Å². The van der Waals surface area contributed by atoms with Gasteiger partial charge in [-0.2, -0.15) is 0 Å². The Morgan fingerprint density at radius 1 is 0.974 bits per heavy atom. The average molecular weight is 1090 g/mol. The molecule has 4 saturated heterocycles. The Balaban J connectivity index is 1.21. The zero-order chi connectivity index (χ0) is 57.1. The number of nitrogens with zero attached hydrogens (tertiary/aromatic N) is 6. The van der Waals surface area contributed by atoms with Gasteiger partial charge in [0.05, 0.1) is 66.0 Å². The molecule has 1 aromatic carbocycles. The number of likely N-dealkylation sites (N-methyl/N-ethyl adjacent to an activating group) is 2. The number of amides is 1. The number of cyclic esters (lactones) is 2. The monoisotopic (exact) mass is 1090 g/mol. The second-order valence-corrected chi connectivity index (χ2v) is 23.5. The van der Waals surface area contributed by atoms with E-state index in [0.29, 0.717) is 49.3 Å². The third-order valence-corrected chi connectivity index (χ3v) is 16.8. The van der Waals surface area contributed by atoms with Crippen molar-refractivity contribution in [3.8, 4) is 0 Å². The molecule has 77 heavy (non-hydrogen) atoms. The summed E-state index contributed by atoms with van der Waals surface area (Å²) in [5, 5.41) is 68.4. The van der Waals surface area contributed by atoms with Crippen LogP contribution in [0.15, 0.2) is 24.4 Å². The summed E-state index contributed by atoms with van der Waals surface area (Å²) >= 11 is 0. The SMILES string of the molecule is CC[C@H]1OC(=O)[C@H](C)[C@@H](O[C@H]2C[C@@](C)(OC)[C@@H](O)[C@H](C)O2)[C@H](C)[C@@H](O[C@@H]2O[C@H](C)C[C@H](N(C)CCc3cn(Cc4ccc(N5C[C@H](CCC(C)=O)OC5=O)cc4F)nn3)[C@H]2O)[C@](C)(O)C[C@@H](C)CN(C)[C@H](C)[C@@H](O)[C@]1(C)O. The van der Waals surface area contributed by atoms with Gasteiger partial charge in [0, 0.05) is 69.2 Å². The molecule has 4 aliphatic rings. The molecule has 6 rings (SSSR count). The number of anilines is 1. The first-order chi connectivity index (χ1) is 36.0. The van der Waals surface area contributed by atoms with E-state index in [9.17, 15) is 39.9 Å². The first-order valence-electron chi connectivity index (χ1n) is 27.4. The minimum Gasteiger partial charge on any atom is -0.459 e. The van der Waals surface area contributed by atoms with Crippen molar-refractivity contribution >= 4 is 23.5 Å². The van der Waals surface area contributed by atoms with Gasteiger partial charge in [0.2, 0.25) is 0 Å². The van der Waals surface area contributed by atoms with Crippen LogP contribution >= 0.6 is 0 Å². The number of esters is 1. The van der Waals surface area contributed by atoms with Crippen LogP contribution in [0.5, 0.6) is 0 Å². The number of aliphatic hydroxyl groups excluding tert-OH is 3. The number of ether oxygens (including phenoxy) is 7. The molecule has 436 valence electrons. The number of carbonyl (C=O) groups excluding carboxylic acids is 3. The van der Waals surface area contributed by atoms with Gasteiger partial charge in [-0.1, -0.05) is 32.1 Å². The fourth-order valence-corrected chi connectivity index (χ4v) is 11.9. The second-order valence-electron chi connectivity index (χ2n) is 23.5. The normalized spacial score (nSPS) is 39.3. The zero-order valence-corrected chi connectivity index (χ0v) is 47.7. The Hall–Kier alpha value is -3.78. The van der Waals surface area contributed by atoms with Crippen molar-refractivity contribution in [2.24, 2.45) is 17.8 Å². The van der Waals surface area contributed by atoms with E-state index in [1.54, 1.807) is 66.8 Å². The average Bonchev–Trinajstić information content (AvgIpc) is 3.99. The van der Waals surface area contributed by atoms with Crippen LogP contribution in [-0.2, 0) is 55.7 Å². The second kappa shape index (κ2) is 25.8. The van der Waals surface area contributed by atoms with Gasteiger partial charge in [-0.15, -0.1) is 5.10 Å². The molecule has 0 radical (unpaired) electrons. The van der Waals surface area contributed by atoms with E-state index in [0.717, 1.165) is 0 Å². The number of halogens is 1. The van der Waals surface area contributed by atoms with Crippen molar-refractivity contribution < 1.29 is 77.5 Å². The van der Waals surface area contributed by atoms with Crippen molar-refractivity contribution in [1.29, 1.82) is 0 Å². The maximum absolute atomic E-state index is 15.5. The zero-order valence-electron chi connectivity index (χ0n) is 47.7. The van der Waals surface area contributed by atoms with E-state index in [4.69, 9.17) is 33.2 Å². The third kappa shape index (κ3) is 14.8. The minimum atomic E-state index is -1.86. The van der Waals surface area contributed by atoms with Gasteiger partial charge in [0.15, 0.2) is 12.6 Å². The van der Waals surface area contributed by atoms with Crippen molar-refractivity contribution in [1.82, 2.24) is 24.8 Å². The summed E-state index contributed by atoms with van der Waals surface area (Å²) in [6.07, 6.45) is -7.81. The van der Waals surface area contributed by atoms with Gasteiger partial charge in [-0.3, -0.25) is 9.69 Å². The van der Waals surface area contributed by atoms with Crippen molar-refractivity contribution in [3.63, 3.8) is 0 Å². The molecule has 1 aromatic heterocycles. The largest absolute Gasteiger partial charge is 0.459 e. The number of aromatic nitrogens is 3. The molecule has 0 aliphatic carbocycles. The van der Waals surface area contributed by atoms with Crippen molar-refractivity contribution in [2.45, 2.75) is 224 Å². The van der Waals surface area contributed by atoms with Gasteiger partial charge in [-0.05, 0) is 113 Å². The molecule has 19 atom stereocenters. The van der Waals surface area contributed by atoms with E-state index < -0.39 is 126 Å².